The van der Waals surface area contributed by atoms with Gasteiger partial charge in [0, 0.05) is 16.8 Å². The van der Waals surface area contributed by atoms with Gasteiger partial charge in [-0.25, -0.2) is 0 Å². The maximum Gasteiger partial charge on any atom is 0.255 e. The second kappa shape index (κ2) is 6.40. The minimum Gasteiger partial charge on any atom is -0.497 e. The van der Waals surface area contributed by atoms with Gasteiger partial charge in [0.05, 0.1) is 7.11 Å². The van der Waals surface area contributed by atoms with Crippen LogP contribution in [0.4, 0.5) is 5.69 Å². The number of amides is 1. The largest absolute Gasteiger partial charge is 0.497 e. The lowest BCUT2D eigenvalue weighted by atomic mass is 10.0. The average Bonchev–Trinajstić information content (AvgIpc) is 2.61. The van der Waals surface area contributed by atoms with Gasteiger partial charge in [0.25, 0.3) is 5.91 Å². The fourth-order valence-corrected chi connectivity index (χ4v) is 2.32. The van der Waals surface area contributed by atoms with E-state index in [1.807, 2.05) is 30.4 Å². The predicted octanol–water partition coefficient (Wildman–Crippen LogP) is 3.75. The Kier molecular flexibility index (Phi) is 4.15. The number of anilines is 1. The van der Waals surface area contributed by atoms with Crippen molar-refractivity contribution >= 4 is 23.2 Å². The smallest absolute Gasteiger partial charge is 0.255 e. The van der Waals surface area contributed by atoms with E-state index in [9.17, 15) is 4.79 Å². The maximum absolute atomic E-state index is 12.3. The van der Waals surface area contributed by atoms with Crippen LogP contribution in [0.3, 0.4) is 0 Å². The molecule has 4 heteroatoms. The number of ether oxygens (including phenoxy) is 2. The van der Waals surface area contributed by atoms with E-state index in [-0.39, 0.29) is 5.91 Å². The van der Waals surface area contributed by atoms with Crippen molar-refractivity contribution in [2.75, 3.05) is 19.0 Å². The Balaban J connectivity index is 1.74. The van der Waals surface area contributed by atoms with Crippen LogP contribution in [0.25, 0.3) is 11.6 Å². The maximum atomic E-state index is 12.3. The number of nitrogens with one attached hydrogen (secondary N) is 1. The van der Waals surface area contributed by atoms with Crippen LogP contribution < -0.4 is 14.8 Å². The second-order valence-corrected chi connectivity index (χ2v) is 5.13. The van der Waals surface area contributed by atoms with E-state index < -0.39 is 0 Å². The molecule has 0 bridgehead atoms. The number of fused-ring (bicyclic) bond motifs is 1. The first kappa shape index (κ1) is 14.9. The highest BCUT2D eigenvalue weighted by atomic mass is 16.5. The monoisotopic (exact) mass is 307 g/mol. The van der Waals surface area contributed by atoms with Crippen molar-refractivity contribution in [3.63, 3.8) is 0 Å². The fraction of sp³-hybridized carbons (Fsp3) is 0.105. The summed E-state index contributed by atoms with van der Waals surface area (Å²) in [4.78, 5) is 12.3. The van der Waals surface area contributed by atoms with Crippen LogP contribution in [-0.4, -0.2) is 19.6 Å². The molecule has 1 heterocycles. The number of carbonyl (C=O) groups excluding carboxylic acids is 1. The van der Waals surface area contributed by atoms with Gasteiger partial charge in [-0.1, -0.05) is 18.7 Å². The third kappa shape index (κ3) is 3.26. The van der Waals surface area contributed by atoms with Crippen molar-refractivity contribution in [3.8, 4) is 11.5 Å². The van der Waals surface area contributed by atoms with E-state index in [1.165, 1.54) is 0 Å². The van der Waals surface area contributed by atoms with Gasteiger partial charge in [-0.05, 0) is 48.0 Å². The molecule has 0 atom stereocenters. The number of hydrogen-bond donors (Lipinski definition) is 1. The molecule has 0 radical (unpaired) electrons. The summed E-state index contributed by atoms with van der Waals surface area (Å²) in [6, 6.07) is 12.8. The molecular weight excluding hydrogens is 290 g/mol. The zero-order valence-corrected chi connectivity index (χ0v) is 12.8. The lowest BCUT2D eigenvalue weighted by Gasteiger charge is -2.14. The molecule has 0 saturated carbocycles. The van der Waals surface area contributed by atoms with Gasteiger partial charge in [0.15, 0.2) is 0 Å². The molecule has 0 aliphatic carbocycles. The predicted molar refractivity (Wildman–Crippen MR) is 91.6 cm³/mol. The Labute approximate surface area is 135 Å². The highest BCUT2D eigenvalue weighted by molar-refractivity contribution is 6.24. The molecule has 116 valence electrons. The van der Waals surface area contributed by atoms with Crippen LogP contribution in [0.1, 0.15) is 11.1 Å². The number of hydrogen-bond acceptors (Lipinski definition) is 3. The van der Waals surface area contributed by atoms with E-state index in [0.29, 0.717) is 17.9 Å². The Morgan fingerprint density at radius 1 is 1.22 bits per heavy atom. The molecule has 0 saturated heterocycles. The van der Waals surface area contributed by atoms with Crippen molar-refractivity contribution in [1.82, 2.24) is 0 Å². The second-order valence-electron chi connectivity index (χ2n) is 5.13. The van der Waals surface area contributed by atoms with Crippen LogP contribution in [0.2, 0.25) is 0 Å². The van der Waals surface area contributed by atoms with Gasteiger partial charge in [-0.3, -0.25) is 4.79 Å². The fourth-order valence-electron chi connectivity index (χ4n) is 2.32. The summed E-state index contributed by atoms with van der Waals surface area (Å²) in [6.45, 7) is 4.48. The molecule has 0 spiro atoms. The van der Waals surface area contributed by atoms with Gasteiger partial charge >= 0.3 is 0 Å². The Morgan fingerprint density at radius 2 is 2.00 bits per heavy atom. The molecule has 4 nitrogen and oxygen atoms in total. The van der Waals surface area contributed by atoms with Crippen molar-refractivity contribution in [2.45, 2.75) is 0 Å². The molecular formula is C19H17NO3. The van der Waals surface area contributed by atoms with Crippen molar-refractivity contribution in [3.05, 3.63) is 66.2 Å². The van der Waals surface area contributed by atoms with Crippen LogP contribution >= 0.6 is 0 Å². The zero-order valence-electron chi connectivity index (χ0n) is 12.8. The van der Waals surface area contributed by atoms with E-state index in [0.717, 1.165) is 22.6 Å². The Hall–Kier alpha value is -3.01. The molecule has 1 aliphatic heterocycles. The summed E-state index contributed by atoms with van der Waals surface area (Å²) in [5.41, 5.74) is 2.82. The molecule has 0 aromatic heterocycles. The van der Waals surface area contributed by atoms with Crippen molar-refractivity contribution in [1.29, 1.82) is 0 Å². The Morgan fingerprint density at radius 3 is 2.74 bits per heavy atom. The van der Waals surface area contributed by atoms with Crippen molar-refractivity contribution in [2.24, 2.45) is 0 Å². The van der Waals surface area contributed by atoms with E-state index in [4.69, 9.17) is 9.47 Å². The van der Waals surface area contributed by atoms with Gasteiger partial charge < -0.3 is 14.8 Å². The summed E-state index contributed by atoms with van der Waals surface area (Å²) in [5, 5.41) is 2.83. The SMILES string of the molecule is C=C(C(=O)Nc1ccc(OC)cc1)c1ccc2c(c1)C=CCO2. The molecule has 0 fully saturated rings. The van der Waals surface area contributed by atoms with E-state index in [1.54, 1.807) is 31.4 Å². The quantitative estimate of drug-likeness (QED) is 0.875. The molecule has 0 unspecified atom stereocenters. The average molecular weight is 307 g/mol. The minimum atomic E-state index is -0.240. The number of carbonyl (C=O) groups is 1. The number of benzene rings is 2. The van der Waals surface area contributed by atoms with Crippen LogP contribution in [0.15, 0.2) is 55.1 Å². The summed E-state index contributed by atoms with van der Waals surface area (Å²) >= 11 is 0. The molecule has 2 aromatic rings. The lowest BCUT2D eigenvalue weighted by Crippen LogP contribution is -2.13. The number of rotatable bonds is 4. The third-order valence-electron chi connectivity index (χ3n) is 3.61. The molecule has 1 N–H and O–H groups in total. The van der Waals surface area contributed by atoms with Crippen LogP contribution in [0.5, 0.6) is 11.5 Å². The molecule has 23 heavy (non-hydrogen) atoms. The van der Waals surface area contributed by atoms with Gasteiger partial charge in [-0.2, -0.15) is 0 Å². The normalized spacial score (nSPS) is 12.0. The first-order valence-electron chi connectivity index (χ1n) is 7.25. The molecule has 1 aliphatic rings. The van der Waals surface area contributed by atoms with Crippen LogP contribution in [0, 0.1) is 0 Å². The summed E-state index contributed by atoms with van der Waals surface area (Å²) < 4.78 is 10.6. The Bertz CT molecular complexity index is 776. The third-order valence-corrected chi connectivity index (χ3v) is 3.61. The minimum absolute atomic E-state index is 0.240. The lowest BCUT2D eigenvalue weighted by molar-refractivity contribution is -0.111. The van der Waals surface area contributed by atoms with Crippen LogP contribution in [-0.2, 0) is 4.79 Å². The first-order valence-corrected chi connectivity index (χ1v) is 7.25. The van der Waals surface area contributed by atoms with Crippen molar-refractivity contribution < 1.29 is 14.3 Å². The number of methoxy groups -OCH3 is 1. The van der Waals surface area contributed by atoms with Gasteiger partial charge in [-0.15, -0.1) is 0 Å². The highest BCUT2D eigenvalue weighted by Crippen LogP contribution is 2.27. The molecule has 3 rings (SSSR count). The summed E-state index contributed by atoms with van der Waals surface area (Å²) in [6.07, 6.45) is 3.92. The summed E-state index contributed by atoms with van der Waals surface area (Å²) in [7, 11) is 1.60. The van der Waals surface area contributed by atoms with E-state index >= 15 is 0 Å². The first-order chi connectivity index (χ1) is 11.2. The van der Waals surface area contributed by atoms with Gasteiger partial charge in [0.2, 0.25) is 0 Å². The van der Waals surface area contributed by atoms with E-state index in [2.05, 4.69) is 11.9 Å². The zero-order chi connectivity index (χ0) is 16.2. The topological polar surface area (TPSA) is 47.6 Å². The molecule has 2 aromatic carbocycles. The van der Waals surface area contributed by atoms with Gasteiger partial charge in [0.1, 0.15) is 18.1 Å². The molecule has 1 amide bonds. The summed E-state index contributed by atoms with van der Waals surface area (Å²) in [5.74, 6) is 1.32. The standard InChI is InChI=1S/C19H17NO3/c1-13(14-5-10-18-15(12-14)4-3-11-23-18)19(21)20-16-6-8-17(22-2)9-7-16/h3-10,12H,1,11H2,2H3,(H,20,21). The highest BCUT2D eigenvalue weighted by Gasteiger charge is 2.13.